The molecule has 4 rings (SSSR count). The summed E-state index contributed by atoms with van der Waals surface area (Å²) in [6, 6.07) is 5.97. The highest BCUT2D eigenvalue weighted by molar-refractivity contribution is 5.43. The molecule has 3 heteroatoms. The summed E-state index contributed by atoms with van der Waals surface area (Å²) in [5, 5.41) is 30.7. The molecule has 0 amide bonds. The number of benzene rings is 1. The quantitative estimate of drug-likeness (QED) is 0.448. The number of phenolic OH excluding ortho intramolecular Hbond substituents is 1. The van der Waals surface area contributed by atoms with E-state index in [-0.39, 0.29) is 23.0 Å². The molecular weight excluding hydrogens is 360 g/mol. The van der Waals surface area contributed by atoms with Crippen LogP contribution < -0.4 is 0 Å². The van der Waals surface area contributed by atoms with Gasteiger partial charge in [-0.3, -0.25) is 0 Å². The molecule has 2 saturated carbocycles. The Morgan fingerprint density at radius 3 is 2.79 bits per heavy atom. The van der Waals surface area contributed by atoms with Gasteiger partial charge in [-0.15, -0.1) is 6.58 Å². The zero-order chi connectivity index (χ0) is 20.8. The Labute approximate surface area is 175 Å². The van der Waals surface area contributed by atoms with Crippen LogP contribution in [-0.2, 0) is 6.42 Å². The highest BCUT2D eigenvalue weighted by Gasteiger charge is 2.63. The van der Waals surface area contributed by atoms with E-state index in [1.165, 1.54) is 11.1 Å². The number of hydrogen-bond acceptors (Lipinski definition) is 3. The maximum atomic E-state index is 11.0. The van der Waals surface area contributed by atoms with Crippen molar-refractivity contribution in [3.8, 4) is 5.75 Å². The van der Waals surface area contributed by atoms with Gasteiger partial charge in [-0.2, -0.15) is 0 Å². The van der Waals surface area contributed by atoms with Crippen molar-refractivity contribution >= 4 is 0 Å². The van der Waals surface area contributed by atoms with Crippen LogP contribution in [0.25, 0.3) is 0 Å². The first-order valence-corrected chi connectivity index (χ1v) is 11.6. The fourth-order valence-electron chi connectivity index (χ4n) is 7.54. The summed E-state index contributed by atoms with van der Waals surface area (Å²) in [7, 11) is 0. The minimum absolute atomic E-state index is 0.0311. The third kappa shape index (κ3) is 3.35. The van der Waals surface area contributed by atoms with Crippen LogP contribution in [0.5, 0.6) is 5.75 Å². The number of aliphatic hydroxyl groups excluding tert-OH is 2. The molecule has 3 aliphatic carbocycles. The van der Waals surface area contributed by atoms with E-state index < -0.39 is 0 Å². The summed E-state index contributed by atoms with van der Waals surface area (Å²) in [5.74, 6) is 1.75. The molecule has 3 aliphatic rings. The average molecular weight is 399 g/mol. The maximum absolute atomic E-state index is 11.0. The van der Waals surface area contributed by atoms with Gasteiger partial charge >= 0.3 is 0 Å². The van der Waals surface area contributed by atoms with Gasteiger partial charge in [-0.25, -0.2) is 0 Å². The lowest BCUT2D eigenvalue weighted by molar-refractivity contribution is -0.0813. The number of aryl methyl sites for hydroxylation is 1. The first-order chi connectivity index (χ1) is 13.8. The fraction of sp³-hybridized carbons (Fsp3) is 0.692. The highest BCUT2D eigenvalue weighted by atomic mass is 16.3. The van der Waals surface area contributed by atoms with Crippen LogP contribution in [0.4, 0.5) is 0 Å². The van der Waals surface area contributed by atoms with Crippen molar-refractivity contribution in [1.29, 1.82) is 0 Å². The normalized spacial score (nSPS) is 39.3. The van der Waals surface area contributed by atoms with Gasteiger partial charge in [-0.1, -0.05) is 31.9 Å². The SMILES string of the molecule is C=CC12CCc3cc(O)ccc3[C@H]1[C@@H](CCCC[C@H](C)O)C[C@]1(C)[C@@H](O)CC[C@@H]21. The van der Waals surface area contributed by atoms with E-state index in [1.54, 1.807) is 0 Å². The summed E-state index contributed by atoms with van der Waals surface area (Å²) in [6.07, 6.45) is 11.0. The summed E-state index contributed by atoms with van der Waals surface area (Å²) < 4.78 is 0. The summed E-state index contributed by atoms with van der Waals surface area (Å²) >= 11 is 0. The molecule has 2 fully saturated rings. The van der Waals surface area contributed by atoms with Crippen LogP contribution in [0.3, 0.4) is 0 Å². The van der Waals surface area contributed by atoms with Gasteiger partial charge in [0.25, 0.3) is 0 Å². The average Bonchev–Trinajstić information content (AvgIpc) is 2.99. The van der Waals surface area contributed by atoms with Crippen LogP contribution in [0.2, 0.25) is 0 Å². The molecule has 0 saturated heterocycles. The number of aliphatic hydroxyl groups is 2. The molecule has 3 N–H and O–H groups in total. The van der Waals surface area contributed by atoms with E-state index in [1.807, 2.05) is 19.1 Å². The minimum atomic E-state index is -0.231. The summed E-state index contributed by atoms with van der Waals surface area (Å²) in [5.41, 5.74) is 2.69. The van der Waals surface area contributed by atoms with Crippen LogP contribution in [0.15, 0.2) is 30.9 Å². The Kier molecular flexibility index (Phi) is 5.59. The number of hydrogen-bond donors (Lipinski definition) is 3. The van der Waals surface area contributed by atoms with Gasteiger partial charge in [0.15, 0.2) is 0 Å². The predicted molar refractivity (Wildman–Crippen MR) is 117 cm³/mol. The first kappa shape index (κ1) is 20.9. The van der Waals surface area contributed by atoms with Crippen molar-refractivity contribution in [2.24, 2.45) is 22.7 Å². The number of rotatable bonds is 6. The monoisotopic (exact) mass is 398 g/mol. The fourth-order valence-corrected chi connectivity index (χ4v) is 7.54. The molecule has 3 nitrogen and oxygen atoms in total. The molecule has 7 atom stereocenters. The summed E-state index contributed by atoms with van der Waals surface area (Å²) in [6.45, 7) is 8.55. The molecule has 0 aromatic heterocycles. The molecule has 29 heavy (non-hydrogen) atoms. The Hall–Kier alpha value is -1.32. The predicted octanol–water partition coefficient (Wildman–Crippen LogP) is 5.33. The molecule has 1 unspecified atom stereocenters. The maximum Gasteiger partial charge on any atom is 0.115 e. The summed E-state index contributed by atoms with van der Waals surface area (Å²) in [4.78, 5) is 0. The van der Waals surface area contributed by atoms with Crippen molar-refractivity contribution in [3.05, 3.63) is 42.0 Å². The second kappa shape index (κ2) is 7.74. The van der Waals surface area contributed by atoms with Crippen molar-refractivity contribution < 1.29 is 15.3 Å². The van der Waals surface area contributed by atoms with Gasteiger partial charge in [0.2, 0.25) is 0 Å². The molecule has 1 aromatic rings. The topological polar surface area (TPSA) is 60.7 Å². The second-order valence-corrected chi connectivity index (χ2v) is 10.4. The second-order valence-electron chi connectivity index (χ2n) is 10.4. The van der Waals surface area contributed by atoms with Crippen molar-refractivity contribution in [1.82, 2.24) is 0 Å². The van der Waals surface area contributed by atoms with Crippen LogP contribution in [-0.4, -0.2) is 27.5 Å². The number of phenols is 1. The van der Waals surface area contributed by atoms with Crippen LogP contribution >= 0.6 is 0 Å². The third-order valence-corrected chi connectivity index (χ3v) is 8.80. The van der Waals surface area contributed by atoms with E-state index >= 15 is 0 Å². The molecule has 160 valence electrons. The lowest BCUT2D eigenvalue weighted by atomic mass is 9.44. The Balaban J connectivity index is 1.72. The van der Waals surface area contributed by atoms with E-state index in [4.69, 9.17) is 0 Å². The third-order valence-electron chi connectivity index (χ3n) is 8.80. The Bertz CT molecular complexity index is 756. The Morgan fingerprint density at radius 1 is 1.28 bits per heavy atom. The first-order valence-electron chi connectivity index (χ1n) is 11.6. The molecule has 0 spiro atoms. The zero-order valence-electron chi connectivity index (χ0n) is 18.1. The molecule has 0 radical (unpaired) electrons. The van der Waals surface area contributed by atoms with E-state index in [2.05, 4.69) is 25.6 Å². The lowest BCUT2D eigenvalue weighted by Gasteiger charge is -2.60. The number of aromatic hydroxyl groups is 1. The highest BCUT2D eigenvalue weighted by Crippen LogP contribution is 2.69. The number of allylic oxidation sites excluding steroid dienone is 1. The standard InChI is InChI=1S/C26H38O3/c1-4-26-14-13-18-15-20(28)9-10-21(18)24(26)19(8-6-5-7-17(2)27)16-25(3)22(26)11-12-23(25)29/h4,9-10,15,17,19,22-24,27-29H,1,5-8,11-14,16H2,2-3H3/t17-,19-,22+,23-,24+,25-,26?/m0/s1. The van der Waals surface area contributed by atoms with Gasteiger partial charge in [0, 0.05) is 0 Å². The molecule has 1 aromatic carbocycles. The largest absolute Gasteiger partial charge is 0.508 e. The Morgan fingerprint density at radius 2 is 2.07 bits per heavy atom. The van der Waals surface area contributed by atoms with Crippen molar-refractivity contribution in [3.63, 3.8) is 0 Å². The number of fused-ring (bicyclic) bond motifs is 5. The lowest BCUT2D eigenvalue weighted by Crippen LogP contribution is -2.54. The number of unbranched alkanes of at least 4 members (excludes halogenated alkanes) is 1. The smallest absolute Gasteiger partial charge is 0.115 e. The molecule has 0 heterocycles. The van der Waals surface area contributed by atoms with E-state index in [0.717, 1.165) is 57.8 Å². The molecule has 0 aliphatic heterocycles. The van der Waals surface area contributed by atoms with Crippen molar-refractivity contribution in [2.45, 2.75) is 89.8 Å². The van der Waals surface area contributed by atoms with Gasteiger partial charge in [0.1, 0.15) is 5.75 Å². The van der Waals surface area contributed by atoms with Crippen molar-refractivity contribution in [2.75, 3.05) is 0 Å². The van der Waals surface area contributed by atoms with Gasteiger partial charge < -0.3 is 15.3 Å². The molecular formula is C26H38O3. The minimum Gasteiger partial charge on any atom is -0.508 e. The zero-order valence-corrected chi connectivity index (χ0v) is 18.1. The van der Waals surface area contributed by atoms with E-state index in [9.17, 15) is 15.3 Å². The van der Waals surface area contributed by atoms with Gasteiger partial charge in [0.05, 0.1) is 12.2 Å². The van der Waals surface area contributed by atoms with E-state index in [0.29, 0.717) is 23.5 Å². The van der Waals surface area contributed by atoms with Gasteiger partial charge in [-0.05, 0) is 104 Å². The molecule has 0 bridgehead atoms. The van der Waals surface area contributed by atoms with Crippen LogP contribution in [0, 0.1) is 22.7 Å². The van der Waals surface area contributed by atoms with Crippen LogP contribution in [0.1, 0.15) is 82.3 Å².